The summed E-state index contributed by atoms with van der Waals surface area (Å²) in [7, 11) is -1.40. The number of hydrogen-bond acceptors (Lipinski definition) is 4. The fourth-order valence-corrected chi connectivity index (χ4v) is 5.19. The van der Waals surface area contributed by atoms with Crippen LogP contribution in [0.5, 0.6) is 0 Å². The first-order valence-corrected chi connectivity index (χ1v) is 14.8. The SMILES string of the molecule is CC(C)(C)CCCCCCCC1(C(=O)OC(C)(C)CC[Si](C)(C)C(C)(C)C)OO1. The Morgan fingerprint density at radius 1 is 0.828 bits per heavy atom. The Labute approximate surface area is 181 Å². The zero-order valence-corrected chi connectivity index (χ0v) is 22.0. The summed E-state index contributed by atoms with van der Waals surface area (Å²) in [6.07, 6.45) is 8.46. The summed E-state index contributed by atoms with van der Waals surface area (Å²) in [5, 5.41) is 0.337. The number of rotatable bonds is 12. The van der Waals surface area contributed by atoms with Gasteiger partial charge in [-0.3, -0.25) is 0 Å². The average molecular weight is 429 g/mol. The molecule has 1 aliphatic heterocycles. The van der Waals surface area contributed by atoms with Gasteiger partial charge >= 0.3 is 11.8 Å². The van der Waals surface area contributed by atoms with E-state index < -0.39 is 19.5 Å². The minimum Gasteiger partial charge on any atom is -0.456 e. The molecule has 0 aliphatic carbocycles. The Morgan fingerprint density at radius 2 is 1.34 bits per heavy atom. The fourth-order valence-electron chi connectivity index (χ4n) is 3.22. The first-order chi connectivity index (χ1) is 13.0. The lowest BCUT2D eigenvalue weighted by Gasteiger charge is -2.39. The third-order valence-corrected chi connectivity index (χ3v) is 12.3. The molecule has 172 valence electrons. The summed E-state index contributed by atoms with van der Waals surface area (Å²) in [6.45, 7) is 22.7. The Bertz CT molecular complexity index is 522. The molecule has 0 N–H and O–H groups in total. The highest BCUT2D eigenvalue weighted by Gasteiger charge is 2.58. The van der Waals surface area contributed by atoms with E-state index in [9.17, 15) is 4.79 Å². The van der Waals surface area contributed by atoms with Crippen LogP contribution in [0.3, 0.4) is 0 Å². The number of hydrogen-bond donors (Lipinski definition) is 0. The van der Waals surface area contributed by atoms with Crippen molar-refractivity contribution in [1.29, 1.82) is 0 Å². The molecule has 0 saturated carbocycles. The van der Waals surface area contributed by atoms with Gasteiger partial charge in [0.2, 0.25) is 0 Å². The normalized spacial score (nSPS) is 17.3. The smallest absolute Gasteiger partial charge is 0.373 e. The first-order valence-electron chi connectivity index (χ1n) is 11.6. The molecule has 0 amide bonds. The summed E-state index contributed by atoms with van der Waals surface area (Å²) in [4.78, 5) is 22.9. The molecule has 0 aromatic carbocycles. The van der Waals surface area contributed by atoms with E-state index in [0.717, 1.165) is 25.3 Å². The maximum atomic E-state index is 12.7. The lowest BCUT2D eigenvalue weighted by Crippen LogP contribution is -2.41. The van der Waals surface area contributed by atoms with E-state index in [2.05, 4.69) is 54.6 Å². The van der Waals surface area contributed by atoms with Gasteiger partial charge in [-0.15, -0.1) is 0 Å². The van der Waals surface area contributed by atoms with Gasteiger partial charge in [-0.25, -0.2) is 4.79 Å². The van der Waals surface area contributed by atoms with E-state index in [1.165, 1.54) is 25.7 Å². The second-order valence-corrected chi connectivity index (χ2v) is 18.3. The lowest BCUT2D eigenvalue weighted by molar-refractivity contribution is -0.164. The van der Waals surface area contributed by atoms with Crippen LogP contribution in [-0.4, -0.2) is 25.4 Å². The van der Waals surface area contributed by atoms with Crippen molar-refractivity contribution in [2.24, 2.45) is 5.41 Å². The molecule has 0 atom stereocenters. The van der Waals surface area contributed by atoms with Gasteiger partial charge in [0, 0.05) is 6.42 Å². The van der Waals surface area contributed by atoms with Crippen molar-refractivity contribution in [2.45, 2.75) is 142 Å². The van der Waals surface area contributed by atoms with Gasteiger partial charge < -0.3 is 4.74 Å². The standard InChI is InChI=1S/C24H48O4Si/c1-21(2,3)16-14-12-11-13-15-17-24(27-28-24)20(25)26-23(7,8)18-19-29(9,10)22(4,5)6/h11-19H2,1-10H3. The number of carbonyl (C=O) groups is 1. The van der Waals surface area contributed by atoms with Crippen molar-refractivity contribution in [3.05, 3.63) is 0 Å². The van der Waals surface area contributed by atoms with Crippen molar-refractivity contribution < 1.29 is 19.3 Å². The predicted molar refractivity (Wildman–Crippen MR) is 123 cm³/mol. The molecule has 1 rings (SSSR count). The molecule has 0 aromatic rings. The van der Waals surface area contributed by atoms with Crippen molar-refractivity contribution in [1.82, 2.24) is 0 Å². The van der Waals surface area contributed by atoms with Gasteiger partial charge in [0.15, 0.2) is 0 Å². The molecule has 29 heavy (non-hydrogen) atoms. The Hall–Kier alpha value is -0.393. The molecule has 1 fully saturated rings. The summed E-state index contributed by atoms with van der Waals surface area (Å²) in [5.41, 5.74) is -0.0806. The van der Waals surface area contributed by atoms with Gasteiger partial charge in [-0.05, 0) is 43.6 Å². The topological polar surface area (TPSA) is 51.4 Å². The molecule has 5 heteroatoms. The summed E-state index contributed by atoms with van der Waals surface area (Å²) in [5.74, 6) is -1.50. The Morgan fingerprint density at radius 3 is 1.83 bits per heavy atom. The number of ether oxygens (including phenoxy) is 1. The molecule has 0 spiro atoms. The van der Waals surface area contributed by atoms with Crippen molar-refractivity contribution in [3.8, 4) is 0 Å². The van der Waals surface area contributed by atoms with E-state index >= 15 is 0 Å². The van der Waals surface area contributed by atoms with Crippen LogP contribution < -0.4 is 0 Å². The van der Waals surface area contributed by atoms with E-state index in [1.54, 1.807) is 0 Å². The van der Waals surface area contributed by atoms with Crippen molar-refractivity contribution >= 4 is 14.0 Å². The summed E-state index contributed by atoms with van der Waals surface area (Å²) < 4.78 is 5.84. The van der Waals surface area contributed by atoms with Crippen molar-refractivity contribution in [2.75, 3.05) is 0 Å². The predicted octanol–water partition coefficient (Wildman–Crippen LogP) is 7.64. The molecule has 0 bridgehead atoms. The molecular weight excluding hydrogens is 380 g/mol. The number of esters is 1. The first kappa shape index (κ1) is 26.6. The van der Waals surface area contributed by atoms with Gasteiger partial charge in [-0.1, -0.05) is 86.4 Å². The molecule has 1 heterocycles. The van der Waals surface area contributed by atoms with Crippen LogP contribution in [0.15, 0.2) is 0 Å². The van der Waals surface area contributed by atoms with Crippen LogP contribution in [-0.2, 0) is 19.3 Å². The highest BCUT2D eigenvalue weighted by molar-refractivity contribution is 6.80. The van der Waals surface area contributed by atoms with Crippen LogP contribution in [0.4, 0.5) is 0 Å². The molecule has 0 aromatic heterocycles. The molecular formula is C24H48O4Si. The van der Waals surface area contributed by atoms with Crippen LogP contribution >= 0.6 is 0 Å². The summed E-state index contributed by atoms with van der Waals surface area (Å²) >= 11 is 0. The van der Waals surface area contributed by atoms with Crippen LogP contribution in [0.1, 0.15) is 107 Å². The Kier molecular flexibility index (Phi) is 9.02. The van der Waals surface area contributed by atoms with Gasteiger partial charge in [-0.2, -0.15) is 9.78 Å². The highest BCUT2D eigenvalue weighted by Crippen LogP contribution is 2.42. The molecule has 1 saturated heterocycles. The largest absolute Gasteiger partial charge is 0.456 e. The number of carbonyl (C=O) groups excluding carboxylic acids is 1. The van der Waals surface area contributed by atoms with Gasteiger partial charge in [0.1, 0.15) is 5.60 Å². The van der Waals surface area contributed by atoms with E-state index in [0.29, 0.717) is 16.9 Å². The van der Waals surface area contributed by atoms with Crippen molar-refractivity contribution in [3.63, 3.8) is 0 Å². The maximum Gasteiger partial charge on any atom is 0.373 e. The summed E-state index contributed by atoms with van der Waals surface area (Å²) in [6, 6.07) is 1.13. The lowest BCUT2D eigenvalue weighted by atomic mass is 9.89. The van der Waals surface area contributed by atoms with E-state index in [4.69, 9.17) is 14.5 Å². The average Bonchev–Trinajstić information content (AvgIpc) is 3.31. The Balaban J connectivity index is 2.35. The minimum atomic E-state index is -1.40. The highest BCUT2D eigenvalue weighted by atomic mass is 28.3. The van der Waals surface area contributed by atoms with E-state index in [1.807, 2.05) is 13.8 Å². The van der Waals surface area contributed by atoms with Gasteiger partial charge in [0.05, 0.1) is 8.07 Å². The molecule has 4 nitrogen and oxygen atoms in total. The zero-order chi connectivity index (χ0) is 22.6. The monoisotopic (exact) mass is 428 g/mol. The molecule has 0 radical (unpaired) electrons. The third-order valence-electron chi connectivity index (χ3n) is 6.78. The molecule has 0 unspecified atom stereocenters. The van der Waals surface area contributed by atoms with Crippen LogP contribution in [0, 0.1) is 5.41 Å². The maximum absolute atomic E-state index is 12.7. The fraction of sp³-hybridized carbons (Fsp3) is 0.958. The number of unbranched alkanes of at least 4 members (excludes halogenated alkanes) is 4. The molecule has 1 aliphatic rings. The quantitative estimate of drug-likeness (QED) is 0.105. The second-order valence-electron chi connectivity index (χ2n) is 12.5. The van der Waals surface area contributed by atoms with E-state index in [-0.39, 0.29) is 5.97 Å². The van der Waals surface area contributed by atoms with Crippen LogP contribution in [0.2, 0.25) is 24.2 Å². The zero-order valence-electron chi connectivity index (χ0n) is 21.0. The second kappa shape index (κ2) is 9.82. The third kappa shape index (κ3) is 9.52. The minimum absolute atomic E-state index is 0.337. The van der Waals surface area contributed by atoms with Crippen LogP contribution in [0.25, 0.3) is 0 Å². The van der Waals surface area contributed by atoms with Gasteiger partial charge in [0.25, 0.3) is 0 Å².